The third-order valence-electron chi connectivity index (χ3n) is 3.96. The fraction of sp³-hybridized carbons (Fsp3) is 0.278. The largest absolute Gasteiger partial charge is 0.360 e. The van der Waals surface area contributed by atoms with Gasteiger partial charge in [-0.05, 0) is 44.0 Å². The smallest absolute Gasteiger partial charge is 0.239 e. The van der Waals surface area contributed by atoms with Gasteiger partial charge in [-0.1, -0.05) is 12.1 Å². The predicted octanol–water partition coefficient (Wildman–Crippen LogP) is 3.48. The van der Waals surface area contributed by atoms with Gasteiger partial charge in [-0.15, -0.1) is 11.3 Å². The molecular weight excluding hydrogens is 339 g/mol. The summed E-state index contributed by atoms with van der Waals surface area (Å²) in [6, 6.07) is 6.05. The highest BCUT2D eigenvalue weighted by atomic mass is 32.1. The van der Waals surface area contributed by atoms with Gasteiger partial charge in [-0.25, -0.2) is 14.4 Å². The number of nitrogens with zero attached hydrogens (tertiary/aromatic N) is 2. The number of anilines is 1. The van der Waals surface area contributed by atoms with Gasteiger partial charge >= 0.3 is 0 Å². The van der Waals surface area contributed by atoms with Gasteiger partial charge in [0.05, 0.1) is 11.9 Å². The zero-order valence-corrected chi connectivity index (χ0v) is 15.1. The Hall–Kier alpha value is -2.54. The van der Waals surface area contributed by atoms with Crippen LogP contribution < -0.4 is 10.6 Å². The summed E-state index contributed by atoms with van der Waals surface area (Å²) in [5.41, 5.74) is 1.98. The molecule has 2 heterocycles. The summed E-state index contributed by atoms with van der Waals surface area (Å²) in [5.74, 6) is 0.906. The summed E-state index contributed by atoms with van der Waals surface area (Å²) in [4.78, 5) is 23.1. The van der Waals surface area contributed by atoms with E-state index in [4.69, 9.17) is 0 Å². The molecule has 1 aromatic carbocycles. The molecule has 0 aliphatic rings. The van der Waals surface area contributed by atoms with E-state index in [9.17, 15) is 9.18 Å². The molecule has 0 radical (unpaired) electrons. The van der Waals surface area contributed by atoms with E-state index >= 15 is 0 Å². The van der Waals surface area contributed by atoms with Crippen LogP contribution in [0.1, 0.15) is 21.8 Å². The molecule has 0 aliphatic heterocycles. The number of carbonyl (C=O) groups is 1. The van der Waals surface area contributed by atoms with Crippen LogP contribution in [0.4, 0.5) is 10.2 Å². The number of hydrogen-bond donors (Lipinski definition) is 2. The molecule has 2 N–H and O–H groups in total. The van der Waals surface area contributed by atoms with E-state index in [1.54, 1.807) is 23.5 Å². The molecule has 0 spiro atoms. The van der Waals surface area contributed by atoms with Crippen molar-refractivity contribution >= 4 is 33.3 Å². The van der Waals surface area contributed by atoms with Crippen LogP contribution in [0.3, 0.4) is 0 Å². The van der Waals surface area contributed by atoms with Crippen LogP contribution in [0, 0.1) is 26.6 Å². The summed E-state index contributed by atoms with van der Waals surface area (Å²) >= 11 is 1.63. The molecule has 2 aromatic heterocycles. The standard InChI is InChI=1S/C18H19FN4OS/c1-10-11(2)25-18-16(10)17(22-12(3)23-18)21-9-15(24)20-8-13-4-6-14(19)7-5-13/h4-7H,8-9H2,1-3H3,(H,20,24)(H,21,22,23). The molecule has 0 unspecified atom stereocenters. The Bertz CT molecular complexity index is 921. The Kier molecular flexibility index (Phi) is 4.94. The van der Waals surface area contributed by atoms with Crippen LogP contribution >= 0.6 is 11.3 Å². The van der Waals surface area contributed by atoms with Crippen molar-refractivity contribution in [2.24, 2.45) is 0 Å². The average molecular weight is 358 g/mol. The van der Waals surface area contributed by atoms with Gasteiger partial charge in [0, 0.05) is 11.4 Å². The number of nitrogens with one attached hydrogen (secondary N) is 2. The van der Waals surface area contributed by atoms with Gasteiger partial charge < -0.3 is 10.6 Å². The quantitative estimate of drug-likeness (QED) is 0.733. The molecule has 0 saturated carbocycles. The second-order valence-electron chi connectivity index (χ2n) is 5.84. The van der Waals surface area contributed by atoms with Crippen molar-refractivity contribution in [3.05, 3.63) is 51.9 Å². The highest BCUT2D eigenvalue weighted by Gasteiger charge is 2.14. The maximum Gasteiger partial charge on any atom is 0.239 e. The molecule has 0 bridgehead atoms. The third-order valence-corrected chi connectivity index (χ3v) is 5.06. The number of benzene rings is 1. The van der Waals surface area contributed by atoms with Crippen molar-refractivity contribution in [2.45, 2.75) is 27.3 Å². The molecule has 3 rings (SSSR count). The molecule has 25 heavy (non-hydrogen) atoms. The molecule has 130 valence electrons. The number of hydrogen-bond acceptors (Lipinski definition) is 5. The topological polar surface area (TPSA) is 66.9 Å². The Balaban J connectivity index is 1.66. The Morgan fingerprint density at radius 2 is 1.88 bits per heavy atom. The molecule has 0 atom stereocenters. The molecule has 0 fully saturated rings. The number of aryl methyl sites for hydroxylation is 3. The second kappa shape index (κ2) is 7.14. The number of aromatic nitrogens is 2. The van der Waals surface area contributed by atoms with Crippen LogP contribution in [-0.4, -0.2) is 22.4 Å². The van der Waals surface area contributed by atoms with E-state index in [0.717, 1.165) is 21.3 Å². The lowest BCUT2D eigenvalue weighted by Gasteiger charge is -2.09. The van der Waals surface area contributed by atoms with Crippen molar-refractivity contribution in [3.63, 3.8) is 0 Å². The molecule has 3 aromatic rings. The van der Waals surface area contributed by atoms with E-state index in [1.807, 2.05) is 13.8 Å². The van der Waals surface area contributed by atoms with E-state index in [-0.39, 0.29) is 18.3 Å². The van der Waals surface area contributed by atoms with E-state index < -0.39 is 0 Å². The lowest BCUT2D eigenvalue weighted by Crippen LogP contribution is -2.29. The molecule has 7 heteroatoms. The van der Waals surface area contributed by atoms with Gasteiger partial charge in [-0.2, -0.15) is 0 Å². The maximum atomic E-state index is 12.9. The first-order valence-electron chi connectivity index (χ1n) is 7.93. The van der Waals surface area contributed by atoms with Gasteiger partial charge in [0.25, 0.3) is 0 Å². The van der Waals surface area contributed by atoms with Crippen LogP contribution in [0.5, 0.6) is 0 Å². The number of carbonyl (C=O) groups excluding carboxylic acids is 1. The highest BCUT2D eigenvalue weighted by molar-refractivity contribution is 7.18. The zero-order chi connectivity index (χ0) is 18.0. The summed E-state index contributed by atoms with van der Waals surface area (Å²) in [7, 11) is 0. The first kappa shape index (κ1) is 17.3. The summed E-state index contributed by atoms with van der Waals surface area (Å²) in [6.07, 6.45) is 0. The second-order valence-corrected chi connectivity index (χ2v) is 7.04. The number of amides is 1. The Morgan fingerprint density at radius 3 is 2.60 bits per heavy atom. The Labute approximate surface area is 149 Å². The van der Waals surface area contributed by atoms with Crippen LogP contribution in [0.2, 0.25) is 0 Å². The van der Waals surface area contributed by atoms with Crippen molar-refractivity contribution in [2.75, 3.05) is 11.9 Å². The number of halogens is 1. The third kappa shape index (κ3) is 3.93. The van der Waals surface area contributed by atoms with Gasteiger partial charge in [0.15, 0.2) is 0 Å². The van der Waals surface area contributed by atoms with Crippen molar-refractivity contribution in [3.8, 4) is 0 Å². The average Bonchev–Trinajstić information content (AvgIpc) is 2.86. The van der Waals surface area contributed by atoms with Crippen molar-refractivity contribution in [1.29, 1.82) is 0 Å². The lowest BCUT2D eigenvalue weighted by molar-refractivity contribution is -0.119. The molecule has 1 amide bonds. The molecule has 0 saturated heterocycles. The summed E-state index contributed by atoms with van der Waals surface area (Å²) in [5, 5.41) is 6.89. The lowest BCUT2D eigenvalue weighted by atomic mass is 10.2. The summed E-state index contributed by atoms with van der Waals surface area (Å²) < 4.78 is 12.9. The van der Waals surface area contributed by atoms with E-state index in [0.29, 0.717) is 18.2 Å². The van der Waals surface area contributed by atoms with Crippen LogP contribution in [-0.2, 0) is 11.3 Å². The molecular formula is C18H19FN4OS. The minimum Gasteiger partial charge on any atom is -0.360 e. The zero-order valence-electron chi connectivity index (χ0n) is 14.3. The first-order valence-corrected chi connectivity index (χ1v) is 8.75. The van der Waals surface area contributed by atoms with Gasteiger partial charge in [0.2, 0.25) is 5.91 Å². The SMILES string of the molecule is Cc1nc(NCC(=O)NCc2ccc(F)cc2)c2c(C)c(C)sc2n1. The van der Waals surface area contributed by atoms with E-state index in [2.05, 4.69) is 27.5 Å². The normalized spacial score (nSPS) is 10.9. The molecule has 5 nitrogen and oxygen atoms in total. The number of thiophene rings is 1. The fourth-order valence-corrected chi connectivity index (χ4v) is 3.59. The van der Waals surface area contributed by atoms with E-state index in [1.165, 1.54) is 17.0 Å². The fourth-order valence-electron chi connectivity index (χ4n) is 2.51. The number of rotatable bonds is 5. The predicted molar refractivity (Wildman–Crippen MR) is 98.4 cm³/mol. The highest BCUT2D eigenvalue weighted by Crippen LogP contribution is 2.32. The minimum absolute atomic E-state index is 0.112. The monoisotopic (exact) mass is 358 g/mol. The van der Waals surface area contributed by atoms with Gasteiger partial charge in [0.1, 0.15) is 22.3 Å². The summed E-state index contributed by atoms with van der Waals surface area (Å²) in [6.45, 7) is 6.39. The van der Waals surface area contributed by atoms with Gasteiger partial charge in [-0.3, -0.25) is 4.79 Å². The van der Waals surface area contributed by atoms with Crippen molar-refractivity contribution in [1.82, 2.24) is 15.3 Å². The Morgan fingerprint density at radius 1 is 1.16 bits per heavy atom. The maximum absolute atomic E-state index is 12.9. The number of fused-ring (bicyclic) bond motifs is 1. The minimum atomic E-state index is -0.290. The van der Waals surface area contributed by atoms with Crippen LogP contribution in [0.15, 0.2) is 24.3 Å². The van der Waals surface area contributed by atoms with Crippen molar-refractivity contribution < 1.29 is 9.18 Å². The van der Waals surface area contributed by atoms with Crippen LogP contribution in [0.25, 0.3) is 10.2 Å². The first-order chi connectivity index (χ1) is 11.9. The molecule has 0 aliphatic carbocycles.